The van der Waals surface area contributed by atoms with E-state index in [9.17, 15) is 0 Å². The average Bonchev–Trinajstić information content (AvgIpc) is 3.71. The van der Waals surface area contributed by atoms with Crippen molar-refractivity contribution in [3.63, 3.8) is 0 Å². The SMILES string of the molecule is C=C/C=C\C.c1ccc(-c2cc3c4cccc5c4c4c(cccc4n3c2-c2ccccc2)n5-c2cnc(-c3ccncc3)nc2)cc1. The van der Waals surface area contributed by atoms with Crippen LogP contribution in [0.3, 0.4) is 0 Å². The molecule has 5 heterocycles. The summed E-state index contributed by atoms with van der Waals surface area (Å²) < 4.78 is 4.75. The number of benzene rings is 4. The third-order valence-corrected chi connectivity index (χ3v) is 8.61. The first kappa shape index (κ1) is 28.2. The monoisotopic (exact) mass is 605 g/mol. The van der Waals surface area contributed by atoms with Gasteiger partial charge in [0, 0.05) is 39.7 Å². The van der Waals surface area contributed by atoms with Gasteiger partial charge in [-0.2, -0.15) is 0 Å². The van der Waals surface area contributed by atoms with Crippen LogP contribution in [-0.2, 0) is 0 Å². The normalized spacial score (nSPS) is 11.5. The number of hydrogen-bond acceptors (Lipinski definition) is 3. The molecule has 0 saturated heterocycles. The Kier molecular flexibility index (Phi) is 7.12. The van der Waals surface area contributed by atoms with Gasteiger partial charge in [-0.15, -0.1) is 0 Å². The summed E-state index contributed by atoms with van der Waals surface area (Å²) in [5, 5.41) is 3.72. The molecule has 0 radical (unpaired) electrons. The molecular formula is C42H31N5. The van der Waals surface area contributed by atoms with Crippen molar-refractivity contribution >= 4 is 38.2 Å². The molecule has 0 atom stereocenters. The largest absolute Gasteiger partial charge is 0.308 e. The highest BCUT2D eigenvalue weighted by Gasteiger charge is 2.24. The second kappa shape index (κ2) is 11.9. The van der Waals surface area contributed by atoms with Gasteiger partial charge in [-0.3, -0.25) is 4.98 Å². The van der Waals surface area contributed by atoms with E-state index in [0.29, 0.717) is 5.82 Å². The molecule has 9 rings (SSSR count). The molecule has 5 aromatic heterocycles. The van der Waals surface area contributed by atoms with Gasteiger partial charge in [0.2, 0.25) is 0 Å². The van der Waals surface area contributed by atoms with E-state index < -0.39 is 0 Å². The van der Waals surface area contributed by atoms with Crippen molar-refractivity contribution in [3.8, 4) is 39.5 Å². The van der Waals surface area contributed by atoms with Crippen molar-refractivity contribution in [2.75, 3.05) is 0 Å². The van der Waals surface area contributed by atoms with Crippen molar-refractivity contribution in [1.82, 2.24) is 23.9 Å². The van der Waals surface area contributed by atoms with Crippen LogP contribution in [0.5, 0.6) is 0 Å². The third-order valence-electron chi connectivity index (χ3n) is 8.61. The minimum atomic E-state index is 0.685. The van der Waals surface area contributed by atoms with Crippen LogP contribution in [0.2, 0.25) is 0 Å². The molecule has 0 spiro atoms. The lowest BCUT2D eigenvalue weighted by molar-refractivity contribution is 1.08. The first-order chi connectivity index (χ1) is 23.3. The molecule has 0 fully saturated rings. The van der Waals surface area contributed by atoms with Crippen LogP contribution in [0.4, 0.5) is 0 Å². The van der Waals surface area contributed by atoms with Crippen LogP contribution < -0.4 is 0 Å². The maximum absolute atomic E-state index is 4.74. The summed E-state index contributed by atoms with van der Waals surface area (Å²) in [5.41, 5.74) is 11.4. The molecule has 4 aromatic carbocycles. The van der Waals surface area contributed by atoms with Gasteiger partial charge >= 0.3 is 0 Å². The highest BCUT2D eigenvalue weighted by Crippen LogP contribution is 2.45. The van der Waals surface area contributed by atoms with E-state index in [1.165, 1.54) is 49.6 Å². The molecule has 0 bridgehead atoms. The first-order valence-electron chi connectivity index (χ1n) is 15.7. The Morgan fingerprint density at radius 3 is 1.91 bits per heavy atom. The minimum absolute atomic E-state index is 0.685. The predicted octanol–water partition coefficient (Wildman–Crippen LogP) is 10.6. The molecule has 0 unspecified atom stereocenters. The maximum Gasteiger partial charge on any atom is 0.159 e. The Balaban J connectivity index is 0.000000606. The lowest BCUT2D eigenvalue weighted by atomic mass is 10.0. The Morgan fingerprint density at radius 2 is 1.26 bits per heavy atom. The summed E-state index contributed by atoms with van der Waals surface area (Å²) in [7, 11) is 0. The molecule has 224 valence electrons. The summed E-state index contributed by atoms with van der Waals surface area (Å²) >= 11 is 0. The van der Waals surface area contributed by atoms with Crippen LogP contribution in [0.15, 0.2) is 165 Å². The van der Waals surface area contributed by atoms with Gasteiger partial charge in [0.25, 0.3) is 0 Å². The topological polar surface area (TPSA) is 48.0 Å². The summed E-state index contributed by atoms with van der Waals surface area (Å²) in [6.45, 7) is 5.42. The molecule has 5 heteroatoms. The zero-order chi connectivity index (χ0) is 31.7. The van der Waals surface area contributed by atoms with Gasteiger partial charge in [-0.05, 0) is 54.4 Å². The standard InChI is InChI=1S/C37H23N5.C5H8/c1-3-9-24(10-4-1)29-21-33-28-13-7-14-30-34(28)35-31(15-8-16-32(35)42(33)36(29)25-11-5-2-6-12-25)41(30)27-22-39-37(40-23-27)26-17-19-38-20-18-26;1-3-5-4-2/h1-23H;3-5H,1H2,2H3/b;5-4-. The fraction of sp³-hybridized carbons (Fsp3) is 0.0238. The Hall–Kier alpha value is -6.33. The quantitative estimate of drug-likeness (QED) is 0.145. The maximum atomic E-state index is 4.74. The number of hydrogen-bond donors (Lipinski definition) is 0. The lowest BCUT2D eigenvalue weighted by Crippen LogP contribution is -1.97. The van der Waals surface area contributed by atoms with E-state index in [-0.39, 0.29) is 0 Å². The van der Waals surface area contributed by atoms with E-state index in [1.54, 1.807) is 18.5 Å². The van der Waals surface area contributed by atoms with Gasteiger partial charge in [-0.1, -0.05) is 104 Å². The first-order valence-corrected chi connectivity index (χ1v) is 15.7. The number of aromatic nitrogens is 5. The molecule has 47 heavy (non-hydrogen) atoms. The summed E-state index contributed by atoms with van der Waals surface area (Å²) in [6, 6.07) is 40.9. The van der Waals surface area contributed by atoms with Crippen molar-refractivity contribution < 1.29 is 0 Å². The van der Waals surface area contributed by atoms with Crippen LogP contribution in [-0.4, -0.2) is 23.9 Å². The Labute approximate surface area is 272 Å². The van der Waals surface area contributed by atoms with E-state index in [2.05, 4.69) is 124 Å². The van der Waals surface area contributed by atoms with Crippen LogP contribution >= 0.6 is 0 Å². The van der Waals surface area contributed by atoms with E-state index in [1.807, 2.05) is 43.6 Å². The highest BCUT2D eigenvalue weighted by atomic mass is 15.0. The van der Waals surface area contributed by atoms with E-state index >= 15 is 0 Å². The Morgan fingerprint density at radius 1 is 0.617 bits per heavy atom. The minimum Gasteiger partial charge on any atom is -0.308 e. The Bertz CT molecular complexity index is 2510. The molecule has 5 nitrogen and oxygen atoms in total. The number of rotatable bonds is 5. The molecule has 0 saturated carbocycles. The number of pyridine rings is 2. The molecule has 0 aliphatic carbocycles. The zero-order valence-corrected chi connectivity index (χ0v) is 26.0. The zero-order valence-electron chi connectivity index (χ0n) is 26.0. The molecule has 9 aromatic rings. The number of nitrogens with zero attached hydrogens (tertiary/aromatic N) is 5. The van der Waals surface area contributed by atoms with Crippen molar-refractivity contribution in [2.45, 2.75) is 6.92 Å². The number of allylic oxidation sites excluding steroid dienone is 3. The predicted molar refractivity (Wildman–Crippen MR) is 195 cm³/mol. The third kappa shape index (κ3) is 4.68. The van der Waals surface area contributed by atoms with Crippen molar-refractivity contribution in [1.29, 1.82) is 0 Å². The summed E-state index contributed by atoms with van der Waals surface area (Å²) in [4.78, 5) is 13.6. The van der Waals surface area contributed by atoms with Gasteiger partial charge in [-0.25, -0.2) is 9.97 Å². The van der Waals surface area contributed by atoms with Crippen LogP contribution in [0, 0.1) is 0 Å². The van der Waals surface area contributed by atoms with Crippen molar-refractivity contribution in [2.24, 2.45) is 0 Å². The molecule has 0 aliphatic heterocycles. The lowest BCUT2D eigenvalue weighted by Gasteiger charge is -2.12. The molecule has 0 aliphatic rings. The molecule has 0 amide bonds. The fourth-order valence-electron chi connectivity index (χ4n) is 6.67. The van der Waals surface area contributed by atoms with E-state index in [4.69, 9.17) is 9.97 Å². The smallest absolute Gasteiger partial charge is 0.159 e. The van der Waals surface area contributed by atoms with Crippen molar-refractivity contribution in [3.05, 3.63) is 165 Å². The molecule has 0 N–H and O–H groups in total. The fourth-order valence-corrected chi connectivity index (χ4v) is 6.67. The van der Waals surface area contributed by atoms with Crippen LogP contribution in [0.25, 0.3) is 77.7 Å². The molecular weight excluding hydrogens is 574 g/mol. The highest BCUT2D eigenvalue weighted by molar-refractivity contribution is 6.27. The summed E-state index contributed by atoms with van der Waals surface area (Å²) in [6.07, 6.45) is 12.9. The van der Waals surface area contributed by atoms with Gasteiger partial charge in [0.15, 0.2) is 5.82 Å². The van der Waals surface area contributed by atoms with Gasteiger partial charge in [0.05, 0.1) is 45.8 Å². The second-order valence-electron chi connectivity index (χ2n) is 11.3. The average molecular weight is 606 g/mol. The van der Waals surface area contributed by atoms with E-state index in [0.717, 1.165) is 22.3 Å². The van der Waals surface area contributed by atoms with Gasteiger partial charge < -0.3 is 8.97 Å². The van der Waals surface area contributed by atoms with Gasteiger partial charge in [0.1, 0.15) is 0 Å². The van der Waals surface area contributed by atoms with Crippen LogP contribution in [0.1, 0.15) is 6.92 Å². The summed E-state index contributed by atoms with van der Waals surface area (Å²) in [5.74, 6) is 0.685. The second-order valence-corrected chi connectivity index (χ2v) is 11.3. The number of fused-ring (bicyclic) bond motifs is 3.